The number of sulfonamides is 1. The van der Waals surface area contributed by atoms with Gasteiger partial charge >= 0.3 is 0 Å². The van der Waals surface area contributed by atoms with Gasteiger partial charge in [0.2, 0.25) is 15.9 Å². The van der Waals surface area contributed by atoms with E-state index in [4.69, 9.17) is 4.74 Å². The Bertz CT molecular complexity index is 1100. The predicted molar refractivity (Wildman–Crippen MR) is 124 cm³/mol. The van der Waals surface area contributed by atoms with E-state index in [-0.39, 0.29) is 18.5 Å². The standard InChI is InChI=1S/C24H32N2O4S/c1-15-8-9-21-19(12-15)20(13-24(5,6)30-21)25-22(27)14-26(31(7,28)29)23-17(3)10-16(2)11-18(23)4/h8-12,20H,13-14H2,1-7H3,(H,25,27)/t20-/m0/s1. The highest BCUT2D eigenvalue weighted by atomic mass is 32.2. The van der Waals surface area contributed by atoms with Gasteiger partial charge in [0.15, 0.2) is 0 Å². The van der Waals surface area contributed by atoms with E-state index in [2.05, 4.69) is 5.32 Å². The van der Waals surface area contributed by atoms with Gasteiger partial charge in [-0.15, -0.1) is 0 Å². The van der Waals surface area contributed by atoms with Gasteiger partial charge in [-0.2, -0.15) is 0 Å². The number of hydrogen-bond donors (Lipinski definition) is 1. The minimum Gasteiger partial charge on any atom is -0.487 e. The van der Waals surface area contributed by atoms with Crippen molar-refractivity contribution < 1.29 is 17.9 Å². The topological polar surface area (TPSA) is 75.7 Å². The molecule has 6 nitrogen and oxygen atoms in total. The third-order valence-electron chi connectivity index (χ3n) is 5.53. The van der Waals surface area contributed by atoms with Gasteiger partial charge < -0.3 is 10.1 Å². The fourth-order valence-electron chi connectivity index (χ4n) is 4.40. The van der Waals surface area contributed by atoms with Gasteiger partial charge in [0.05, 0.1) is 18.0 Å². The quantitative estimate of drug-likeness (QED) is 0.753. The molecule has 0 aromatic heterocycles. The summed E-state index contributed by atoms with van der Waals surface area (Å²) in [6.07, 6.45) is 1.73. The number of amides is 1. The number of rotatable bonds is 5. The van der Waals surface area contributed by atoms with Gasteiger partial charge in [-0.3, -0.25) is 9.10 Å². The summed E-state index contributed by atoms with van der Waals surface area (Å²) in [5.41, 5.74) is 4.81. The molecule has 1 amide bonds. The molecule has 0 spiro atoms. The number of nitrogens with one attached hydrogen (secondary N) is 1. The van der Waals surface area contributed by atoms with Crippen molar-refractivity contribution in [2.24, 2.45) is 0 Å². The van der Waals surface area contributed by atoms with Crippen molar-refractivity contribution >= 4 is 21.6 Å². The van der Waals surface area contributed by atoms with Crippen LogP contribution in [-0.2, 0) is 14.8 Å². The summed E-state index contributed by atoms with van der Waals surface area (Å²) in [7, 11) is -3.65. The van der Waals surface area contributed by atoms with Gasteiger partial charge in [-0.1, -0.05) is 35.4 Å². The Morgan fingerprint density at radius 2 is 1.71 bits per heavy atom. The Kier molecular flexibility index (Phi) is 6.11. The van der Waals surface area contributed by atoms with Crippen LogP contribution in [0.2, 0.25) is 0 Å². The lowest BCUT2D eigenvalue weighted by Gasteiger charge is -2.38. The minimum atomic E-state index is -3.65. The van der Waals surface area contributed by atoms with Crippen LogP contribution in [0.25, 0.3) is 0 Å². The monoisotopic (exact) mass is 444 g/mol. The molecule has 0 saturated carbocycles. The number of nitrogens with zero attached hydrogens (tertiary/aromatic N) is 1. The number of carbonyl (C=O) groups is 1. The van der Waals surface area contributed by atoms with E-state index in [1.807, 2.05) is 71.9 Å². The van der Waals surface area contributed by atoms with Gasteiger partial charge in [-0.05, 0) is 58.7 Å². The number of carbonyl (C=O) groups excluding carboxylic acids is 1. The van der Waals surface area contributed by atoms with Crippen LogP contribution in [0.5, 0.6) is 5.75 Å². The molecular formula is C24H32N2O4S. The average Bonchev–Trinajstić information content (AvgIpc) is 2.59. The summed E-state index contributed by atoms with van der Waals surface area (Å²) in [5.74, 6) is 0.400. The molecule has 1 N–H and O–H groups in total. The van der Waals surface area contributed by atoms with E-state index < -0.39 is 15.6 Å². The average molecular weight is 445 g/mol. The number of ether oxygens (including phenoxy) is 1. The fourth-order valence-corrected chi connectivity index (χ4v) is 5.37. The normalized spacial score (nSPS) is 17.5. The Balaban J connectivity index is 1.90. The van der Waals surface area contributed by atoms with Crippen LogP contribution in [0.4, 0.5) is 5.69 Å². The number of anilines is 1. The zero-order valence-corrected chi connectivity index (χ0v) is 20.2. The van der Waals surface area contributed by atoms with Crippen LogP contribution >= 0.6 is 0 Å². The highest BCUT2D eigenvalue weighted by Crippen LogP contribution is 2.40. The van der Waals surface area contributed by atoms with E-state index in [0.717, 1.165) is 39.8 Å². The van der Waals surface area contributed by atoms with Gasteiger partial charge in [0.25, 0.3) is 0 Å². The van der Waals surface area contributed by atoms with E-state index in [9.17, 15) is 13.2 Å². The lowest BCUT2D eigenvalue weighted by atomic mass is 9.89. The highest BCUT2D eigenvalue weighted by Gasteiger charge is 2.35. The molecule has 2 aromatic carbocycles. The molecule has 1 atom stereocenters. The Morgan fingerprint density at radius 3 is 2.29 bits per heavy atom. The third-order valence-corrected chi connectivity index (χ3v) is 6.64. The molecule has 0 aliphatic carbocycles. The van der Waals surface area contributed by atoms with Crippen LogP contribution in [0.15, 0.2) is 30.3 Å². The van der Waals surface area contributed by atoms with Gasteiger partial charge in [-0.25, -0.2) is 8.42 Å². The first kappa shape index (κ1) is 23.1. The molecule has 0 radical (unpaired) electrons. The van der Waals surface area contributed by atoms with Crippen LogP contribution < -0.4 is 14.4 Å². The second-order valence-electron chi connectivity index (χ2n) is 9.24. The molecule has 1 aliphatic rings. The minimum absolute atomic E-state index is 0.257. The van der Waals surface area contributed by atoms with Crippen molar-refractivity contribution in [1.29, 1.82) is 0 Å². The van der Waals surface area contributed by atoms with Crippen molar-refractivity contribution in [2.45, 2.75) is 59.6 Å². The Hall–Kier alpha value is -2.54. The smallest absolute Gasteiger partial charge is 0.241 e. The summed E-state index contributed by atoms with van der Waals surface area (Å²) < 4.78 is 32.5. The highest BCUT2D eigenvalue weighted by molar-refractivity contribution is 7.92. The molecule has 1 aliphatic heterocycles. The zero-order chi connectivity index (χ0) is 23.1. The zero-order valence-electron chi connectivity index (χ0n) is 19.4. The van der Waals surface area contributed by atoms with Gasteiger partial charge in [0, 0.05) is 12.0 Å². The number of fused-ring (bicyclic) bond motifs is 1. The Labute approximate surface area is 185 Å². The van der Waals surface area contributed by atoms with Crippen molar-refractivity contribution in [3.63, 3.8) is 0 Å². The number of benzene rings is 2. The summed E-state index contributed by atoms with van der Waals surface area (Å²) >= 11 is 0. The first-order chi connectivity index (χ1) is 14.3. The van der Waals surface area contributed by atoms with Crippen molar-refractivity contribution in [2.75, 3.05) is 17.1 Å². The van der Waals surface area contributed by atoms with Crippen LogP contribution in [0, 0.1) is 27.7 Å². The van der Waals surface area contributed by atoms with E-state index in [1.54, 1.807) is 0 Å². The van der Waals surface area contributed by atoms with E-state index >= 15 is 0 Å². The molecule has 1 heterocycles. The van der Waals surface area contributed by atoms with E-state index in [1.165, 1.54) is 4.31 Å². The maximum absolute atomic E-state index is 13.1. The van der Waals surface area contributed by atoms with Crippen LogP contribution in [0.1, 0.15) is 54.1 Å². The summed E-state index contributed by atoms with van der Waals surface area (Å²) in [6, 6.07) is 9.52. The molecular weight excluding hydrogens is 412 g/mol. The first-order valence-electron chi connectivity index (χ1n) is 10.4. The molecule has 0 unspecified atom stereocenters. The SMILES string of the molecule is Cc1cc(C)c(N(CC(=O)N[C@H]2CC(C)(C)Oc3ccc(C)cc32)S(C)(=O)=O)c(C)c1. The van der Waals surface area contributed by atoms with Crippen LogP contribution in [0.3, 0.4) is 0 Å². The summed E-state index contributed by atoms with van der Waals surface area (Å²) in [5, 5.41) is 3.06. The molecule has 0 fully saturated rings. The number of aryl methyl sites for hydroxylation is 4. The van der Waals surface area contributed by atoms with Crippen LogP contribution in [-0.4, -0.2) is 32.7 Å². The molecule has 0 bridgehead atoms. The Morgan fingerprint density at radius 1 is 1.10 bits per heavy atom. The number of hydrogen-bond acceptors (Lipinski definition) is 4. The lowest BCUT2D eigenvalue weighted by Crippen LogP contribution is -2.45. The molecule has 168 valence electrons. The summed E-state index contributed by atoms with van der Waals surface area (Å²) in [6.45, 7) is 11.4. The molecule has 7 heteroatoms. The molecule has 0 saturated heterocycles. The first-order valence-corrected chi connectivity index (χ1v) is 12.3. The van der Waals surface area contributed by atoms with Crippen molar-refractivity contribution in [1.82, 2.24) is 5.32 Å². The lowest BCUT2D eigenvalue weighted by molar-refractivity contribution is -0.120. The maximum atomic E-state index is 13.1. The maximum Gasteiger partial charge on any atom is 0.241 e. The summed E-state index contributed by atoms with van der Waals surface area (Å²) in [4.78, 5) is 13.1. The molecule has 31 heavy (non-hydrogen) atoms. The van der Waals surface area contributed by atoms with E-state index in [0.29, 0.717) is 12.1 Å². The fraction of sp³-hybridized carbons (Fsp3) is 0.458. The second kappa shape index (κ2) is 8.19. The second-order valence-corrected chi connectivity index (χ2v) is 11.2. The molecule has 3 rings (SSSR count). The van der Waals surface area contributed by atoms with Crippen molar-refractivity contribution in [3.8, 4) is 5.75 Å². The van der Waals surface area contributed by atoms with Gasteiger partial charge in [0.1, 0.15) is 17.9 Å². The molecule has 2 aromatic rings. The largest absolute Gasteiger partial charge is 0.487 e. The van der Waals surface area contributed by atoms with Crippen molar-refractivity contribution in [3.05, 3.63) is 58.1 Å². The third kappa shape index (κ3) is 5.21. The predicted octanol–water partition coefficient (Wildman–Crippen LogP) is 4.10.